The Kier molecular flexibility index (Phi) is 11.6. The second kappa shape index (κ2) is 16.4. The number of nitrogens with one attached hydrogen (secondary N) is 2. The number of aliphatic hydroxyl groups is 1. The molecule has 15 heteroatoms. The quantitative estimate of drug-likeness (QED) is 0.319. The van der Waals surface area contributed by atoms with Crippen LogP contribution in [0, 0.1) is 5.82 Å². The van der Waals surface area contributed by atoms with Crippen molar-refractivity contribution in [2.24, 2.45) is 0 Å². The molecule has 272 valence electrons. The van der Waals surface area contributed by atoms with Gasteiger partial charge in [-0.25, -0.2) is 9.37 Å². The summed E-state index contributed by atoms with van der Waals surface area (Å²) in [5, 5.41) is 19.9. The Morgan fingerprint density at radius 3 is 2.61 bits per heavy atom. The largest absolute Gasteiger partial charge is 0.457 e. The highest BCUT2D eigenvalue weighted by Gasteiger charge is 2.37. The third kappa shape index (κ3) is 9.47. The molecule has 3 aromatic rings. The Balaban J connectivity index is 1.25. The number of likely N-dealkylation sites (tertiary alicyclic amines) is 1. The van der Waals surface area contributed by atoms with Gasteiger partial charge in [-0.3, -0.25) is 23.9 Å². The molecule has 3 heterocycles. The van der Waals surface area contributed by atoms with Crippen LogP contribution < -0.4 is 15.4 Å². The summed E-state index contributed by atoms with van der Waals surface area (Å²) in [6.45, 7) is 2.83. The summed E-state index contributed by atoms with van der Waals surface area (Å²) in [4.78, 5) is 61.2. The lowest BCUT2D eigenvalue weighted by Gasteiger charge is -2.27. The monoisotopic (exact) mass is 705 g/mol. The topological polar surface area (TPSA) is 168 Å². The number of nitrogens with zero attached hydrogens (tertiary/aromatic N) is 5. The number of carbonyl (C=O) groups is 4. The second-order valence-corrected chi connectivity index (χ2v) is 13.4. The van der Waals surface area contributed by atoms with Crippen molar-refractivity contribution in [2.45, 2.75) is 89.3 Å². The summed E-state index contributed by atoms with van der Waals surface area (Å²) < 4.78 is 28.9. The zero-order valence-electron chi connectivity index (χ0n) is 28.6. The van der Waals surface area contributed by atoms with Crippen molar-refractivity contribution in [3.8, 4) is 11.5 Å². The van der Waals surface area contributed by atoms with E-state index < -0.39 is 35.7 Å². The summed E-state index contributed by atoms with van der Waals surface area (Å²) in [6.07, 6.45) is 5.84. The van der Waals surface area contributed by atoms with Crippen LogP contribution in [0.5, 0.6) is 11.5 Å². The molecule has 4 bridgehead atoms. The molecule has 4 amide bonds. The first-order chi connectivity index (χ1) is 24.6. The van der Waals surface area contributed by atoms with Crippen LogP contribution in [-0.4, -0.2) is 104 Å². The molecule has 14 nitrogen and oxygen atoms in total. The van der Waals surface area contributed by atoms with Crippen molar-refractivity contribution in [2.75, 3.05) is 26.2 Å². The number of aromatic nitrogens is 3. The van der Waals surface area contributed by atoms with E-state index in [-0.39, 0.29) is 79.9 Å². The minimum absolute atomic E-state index is 0.0241. The maximum absolute atomic E-state index is 14.9. The maximum atomic E-state index is 14.9. The van der Waals surface area contributed by atoms with E-state index in [1.807, 2.05) is 6.92 Å². The van der Waals surface area contributed by atoms with Crippen LogP contribution in [-0.2, 0) is 27.5 Å². The highest BCUT2D eigenvalue weighted by molar-refractivity contribution is 6.01. The number of aliphatic hydroxyl groups excluding tert-OH is 1. The molecule has 1 saturated carbocycles. The standard InChI is InChI=1S/C36H44FN7O7/c1-2-9-42-19-33(46)41-31-17-43(34(47)4-3-10-44-22-38-21-39-44)18-32(31)50-20-23-11-26(37)16-29(12-23)51-30-14-24(13-25(15-30)36(42)49)35(48)40-27-5-7-28(45)8-6-27/h11-16,21-22,27-28,31-32,45H,2-10,17-20H2,1H3,(H,40,48)(H,41,46)/t27?,28?,31-,32-/m1/s1. The highest BCUT2D eigenvalue weighted by atomic mass is 19.1. The van der Waals surface area contributed by atoms with E-state index in [0.717, 1.165) is 0 Å². The van der Waals surface area contributed by atoms with Crippen LogP contribution in [0.1, 0.15) is 78.1 Å². The molecule has 1 saturated heterocycles. The van der Waals surface area contributed by atoms with Gasteiger partial charge < -0.3 is 35.0 Å². The minimum atomic E-state index is -0.592. The number of fused-ring (bicyclic) bond motifs is 5. The summed E-state index contributed by atoms with van der Waals surface area (Å²) in [5.41, 5.74) is 0.758. The molecule has 2 fully saturated rings. The number of benzene rings is 2. The van der Waals surface area contributed by atoms with Gasteiger partial charge in [-0.2, -0.15) is 5.10 Å². The van der Waals surface area contributed by atoms with Crippen molar-refractivity contribution in [1.82, 2.24) is 35.2 Å². The highest BCUT2D eigenvalue weighted by Crippen LogP contribution is 2.29. The van der Waals surface area contributed by atoms with Crippen LogP contribution in [0.3, 0.4) is 0 Å². The fourth-order valence-electron chi connectivity index (χ4n) is 6.82. The zero-order valence-corrected chi connectivity index (χ0v) is 28.6. The summed E-state index contributed by atoms with van der Waals surface area (Å²) in [7, 11) is 0. The van der Waals surface area contributed by atoms with Gasteiger partial charge in [0.25, 0.3) is 11.8 Å². The van der Waals surface area contributed by atoms with Gasteiger partial charge in [-0.15, -0.1) is 0 Å². The predicted molar refractivity (Wildman–Crippen MR) is 181 cm³/mol. The second-order valence-electron chi connectivity index (χ2n) is 13.4. The number of halogens is 1. The Bertz CT molecular complexity index is 1710. The Morgan fingerprint density at radius 2 is 1.84 bits per heavy atom. The van der Waals surface area contributed by atoms with Crippen molar-refractivity contribution in [1.29, 1.82) is 0 Å². The molecule has 0 spiro atoms. The van der Waals surface area contributed by atoms with E-state index in [4.69, 9.17) is 9.47 Å². The van der Waals surface area contributed by atoms with Crippen LogP contribution >= 0.6 is 0 Å². The van der Waals surface area contributed by atoms with E-state index in [2.05, 4.69) is 20.7 Å². The van der Waals surface area contributed by atoms with E-state index >= 15 is 0 Å². The van der Waals surface area contributed by atoms with Gasteiger partial charge in [0.2, 0.25) is 11.8 Å². The molecular formula is C36H44FN7O7. The van der Waals surface area contributed by atoms with E-state index in [9.17, 15) is 28.7 Å². The molecule has 51 heavy (non-hydrogen) atoms. The Morgan fingerprint density at radius 1 is 1.04 bits per heavy atom. The van der Waals surface area contributed by atoms with Crippen molar-refractivity contribution in [3.63, 3.8) is 0 Å². The normalized spacial score (nSPS) is 22.6. The van der Waals surface area contributed by atoms with Crippen molar-refractivity contribution in [3.05, 3.63) is 71.6 Å². The number of hydrogen-bond acceptors (Lipinski definition) is 9. The van der Waals surface area contributed by atoms with E-state index in [0.29, 0.717) is 50.6 Å². The first-order valence-electron chi connectivity index (χ1n) is 17.5. The number of aryl methyl sites for hydroxylation is 1. The van der Waals surface area contributed by atoms with E-state index in [1.54, 1.807) is 22.0 Å². The third-order valence-corrected chi connectivity index (χ3v) is 9.40. The van der Waals surface area contributed by atoms with Gasteiger partial charge in [-0.1, -0.05) is 6.92 Å². The number of rotatable bonds is 8. The molecule has 2 aromatic carbocycles. The summed E-state index contributed by atoms with van der Waals surface area (Å²) >= 11 is 0. The minimum Gasteiger partial charge on any atom is -0.457 e. The van der Waals surface area contributed by atoms with Gasteiger partial charge in [0.1, 0.15) is 30.0 Å². The van der Waals surface area contributed by atoms with Crippen LogP contribution in [0.15, 0.2) is 49.1 Å². The number of hydrogen-bond donors (Lipinski definition) is 3. The molecular weight excluding hydrogens is 661 g/mol. The lowest BCUT2D eigenvalue weighted by Crippen LogP contribution is -2.49. The Hall–Kier alpha value is -4.89. The average Bonchev–Trinajstić information content (AvgIpc) is 3.77. The van der Waals surface area contributed by atoms with Gasteiger partial charge in [0.15, 0.2) is 0 Å². The fourth-order valence-corrected chi connectivity index (χ4v) is 6.82. The average molecular weight is 706 g/mol. The van der Waals surface area contributed by atoms with Gasteiger partial charge in [0, 0.05) is 55.8 Å². The molecule has 0 unspecified atom stereocenters. The lowest BCUT2D eigenvalue weighted by molar-refractivity contribution is -0.131. The van der Waals surface area contributed by atoms with Gasteiger partial charge in [-0.05, 0) is 74.4 Å². The number of carbonyl (C=O) groups excluding carboxylic acids is 4. The van der Waals surface area contributed by atoms with Crippen LogP contribution in [0.25, 0.3) is 0 Å². The molecule has 3 aliphatic rings. The first-order valence-corrected chi connectivity index (χ1v) is 17.5. The SMILES string of the molecule is CCCN1CC(=O)N[C@@H]2CN(C(=O)CCCn3cncn3)C[C@H]2OCc2cc(F)cc(c2)Oc2cc(C(=O)NC3CCC(O)CC3)cc(c2)C1=O. The third-order valence-electron chi connectivity index (χ3n) is 9.40. The summed E-state index contributed by atoms with van der Waals surface area (Å²) in [6, 6.07) is 7.85. The molecule has 3 N–H and O–H groups in total. The van der Waals surface area contributed by atoms with Gasteiger partial charge >= 0.3 is 0 Å². The predicted octanol–water partition coefficient (Wildman–Crippen LogP) is 2.80. The smallest absolute Gasteiger partial charge is 0.254 e. The number of ether oxygens (including phenoxy) is 2. The molecule has 1 aliphatic carbocycles. The molecule has 1 aromatic heterocycles. The van der Waals surface area contributed by atoms with Crippen LogP contribution in [0.2, 0.25) is 0 Å². The summed E-state index contributed by atoms with van der Waals surface area (Å²) in [5.74, 6) is -1.72. The molecule has 6 rings (SSSR count). The van der Waals surface area contributed by atoms with E-state index in [1.165, 1.54) is 41.6 Å². The molecule has 2 atom stereocenters. The van der Waals surface area contributed by atoms with Crippen molar-refractivity contribution < 1.29 is 38.1 Å². The fraction of sp³-hybridized carbons (Fsp3) is 0.500. The van der Waals surface area contributed by atoms with Gasteiger partial charge in [0.05, 0.1) is 31.4 Å². The molecule has 0 radical (unpaired) electrons. The van der Waals surface area contributed by atoms with Crippen molar-refractivity contribution >= 4 is 23.6 Å². The number of amides is 4. The zero-order chi connectivity index (χ0) is 35.9. The maximum Gasteiger partial charge on any atom is 0.254 e. The Labute approximate surface area is 295 Å². The van der Waals surface area contributed by atoms with Crippen LogP contribution in [0.4, 0.5) is 4.39 Å². The lowest BCUT2D eigenvalue weighted by atomic mass is 9.93. The molecule has 2 aliphatic heterocycles. The first kappa shape index (κ1) is 35.9.